The van der Waals surface area contributed by atoms with Crippen LogP contribution in [0.25, 0.3) is 0 Å². The molecule has 0 aliphatic rings. The highest BCUT2D eigenvalue weighted by Crippen LogP contribution is 2.26. The molecule has 3 rings (SSSR count). The van der Waals surface area contributed by atoms with Crippen molar-refractivity contribution in [2.45, 2.75) is 19.9 Å². The van der Waals surface area contributed by atoms with Gasteiger partial charge in [0.05, 0.1) is 23.5 Å². The number of nitrogens with one attached hydrogen (secondary N) is 2. The number of pyridine rings is 1. The lowest BCUT2D eigenvalue weighted by atomic mass is 10.1. The molecule has 0 radical (unpaired) electrons. The number of benzene rings is 2. The minimum absolute atomic E-state index is 0.0875. The third kappa shape index (κ3) is 4.21. The summed E-state index contributed by atoms with van der Waals surface area (Å²) in [6, 6.07) is 17.2. The van der Waals surface area contributed by atoms with Gasteiger partial charge in [-0.05, 0) is 43.2 Å². The van der Waals surface area contributed by atoms with E-state index < -0.39 is 0 Å². The summed E-state index contributed by atoms with van der Waals surface area (Å²) >= 11 is 6.16. The van der Waals surface area contributed by atoms with Crippen molar-refractivity contribution in [1.82, 2.24) is 10.3 Å². The van der Waals surface area contributed by atoms with Gasteiger partial charge in [-0.1, -0.05) is 48.0 Å². The second-order valence-electron chi connectivity index (χ2n) is 6.11. The van der Waals surface area contributed by atoms with Gasteiger partial charge in [-0.15, -0.1) is 0 Å². The summed E-state index contributed by atoms with van der Waals surface area (Å²) in [6.07, 6.45) is 3.24. The van der Waals surface area contributed by atoms with Crippen LogP contribution in [0.5, 0.6) is 0 Å². The van der Waals surface area contributed by atoms with E-state index in [1.165, 1.54) is 0 Å². The Kier molecular flexibility index (Phi) is 5.54. The molecule has 4 nitrogen and oxygen atoms in total. The van der Waals surface area contributed by atoms with Gasteiger partial charge in [0, 0.05) is 16.9 Å². The normalized spacial score (nSPS) is 11.7. The van der Waals surface area contributed by atoms with Crippen LogP contribution in [0, 0.1) is 6.92 Å². The fourth-order valence-electron chi connectivity index (χ4n) is 2.64. The SMILES string of the molecule is Cc1c(Cl)cccc1Nc1cncc(C(=O)NC(C)c2ccccc2)c1. The molecule has 1 amide bonds. The number of hydrogen-bond donors (Lipinski definition) is 2. The molecule has 0 fully saturated rings. The number of hydrogen-bond acceptors (Lipinski definition) is 3. The molecule has 3 aromatic rings. The van der Waals surface area contributed by atoms with Crippen LogP contribution in [0.15, 0.2) is 67.0 Å². The first-order valence-electron chi connectivity index (χ1n) is 8.37. The van der Waals surface area contributed by atoms with Crippen LogP contribution in [0.4, 0.5) is 11.4 Å². The quantitative estimate of drug-likeness (QED) is 0.646. The standard InChI is InChI=1S/C21H20ClN3O/c1-14-19(22)9-6-10-20(14)25-18-11-17(12-23-13-18)21(26)24-15(2)16-7-4-3-5-8-16/h3-13,15,25H,1-2H3,(H,24,26). The lowest BCUT2D eigenvalue weighted by Crippen LogP contribution is -2.26. The molecule has 0 saturated carbocycles. The number of amides is 1. The summed E-state index contributed by atoms with van der Waals surface area (Å²) in [5.74, 6) is -0.166. The number of aromatic nitrogens is 1. The Morgan fingerprint density at radius 3 is 2.62 bits per heavy atom. The maximum absolute atomic E-state index is 12.6. The Bertz CT molecular complexity index is 912. The predicted molar refractivity (Wildman–Crippen MR) is 106 cm³/mol. The van der Waals surface area contributed by atoms with E-state index in [4.69, 9.17) is 11.6 Å². The first-order valence-corrected chi connectivity index (χ1v) is 8.75. The Hall–Kier alpha value is -2.85. The average molecular weight is 366 g/mol. The maximum atomic E-state index is 12.6. The molecule has 2 N–H and O–H groups in total. The molecule has 0 aliphatic carbocycles. The van der Waals surface area contributed by atoms with Crippen molar-refractivity contribution in [3.63, 3.8) is 0 Å². The lowest BCUT2D eigenvalue weighted by molar-refractivity contribution is 0.0939. The Balaban J connectivity index is 1.74. The number of carbonyl (C=O) groups is 1. The van der Waals surface area contributed by atoms with E-state index in [2.05, 4.69) is 15.6 Å². The van der Waals surface area contributed by atoms with Crippen molar-refractivity contribution in [2.75, 3.05) is 5.32 Å². The minimum Gasteiger partial charge on any atom is -0.354 e. The van der Waals surface area contributed by atoms with E-state index in [1.54, 1.807) is 18.5 Å². The smallest absolute Gasteiger partial charge is 0.253 e. The summed E-state index contributed by atoms with van der Waals surface area (Å²) in [7, 11) is 0. The highest BCUT2D eigenvalue weighted by Gasteiger charge is 2.12. The van der Waals surface area contributed by atoms with Crippen molar-refractivity contribution in [2.24, 2.45) is 0 Å². The van der Waals surface area contributed by atoms with Crippen molar-refractivity contribution >= 4 is 28.9 Å². The van der Waals surface area contributed by atoms with Crippen LogP contribution in [-0.2, 0) is 0 Å². The third-order valence-electron chi connectivity index (χ3n) is 4.19. The number of halogens is 1. The highest BCUT2D eigenvalue weighted by molar-refractivity contribution is 6.31. The zero-order chi connectivity index (χ0) is 18.5. The summed E-state index contributed by atoms with van der Waals surface area (Å²) in [5.41, 5.74) is 4.11. The van der Waals surface area contributed by atoms with Gasteiger partial charge in [0.2, 0.25) is 0 Å². The average Bonchev–Trinajstić information content (AvgIpc) is 2.66. The first kappa shape index (κ1) is 18.0. The molecule has 1 heterocycles. The van der Waals surface area contributed by atoms with Crippen molar-refractivity contribution in [1.29, 1.82) is 0 Å². The van der Waals surface area contributed by atoms with Crippen LogP contribution in [0.2, 0.25) is 5.02 Å². The van der Waals surface area contributed by atoms with Gasteiger partial charge in [0.25, 0.3) is 5.91 Å². The van der Waals surface area contributed by atoms with Crippen molar-refractivity contribution < 1.29 is 4.79 Å². The van der Waals surface area contributed by atoms with Gasteiger partial charge in [-0.3, -0.25) is 9.78 Å². The fraction of sp³-hybridized carbons (Fsp3) is 0.143. The molecular weight excluding hydrogens is 346 g/mol. The molecule has 132 valence electrons. The van der Waals surface area contributed by atoms with E-state index in [-0.39, 0.29) is 11.9 Å². The van der Waals surface area contributed by atoms with Gasteiger partial charge in [0.15, 0.2) is 0 Å². The van der Waals surface area contributed by atoms with Gasteiger partial charge in [-0.2, -0.15) is 0 Å². The highest BCUT2D eigenvalue weighted by atomic mass is 35.5. The van der Waals surface area contributed by atoms with Gasteiger partial charge in [-0.25, -0.2) is 0 Å². The molecule has 1 atom stereocenters. The second-order valence-corrected chi connectivity index (χ2v) is 6.51. The van der Waals surface area contributed by atoms with Crippen LogP contribution < -0.4 is 10.6 Å². The number of rotatable bonds is 5. The summed E-state index contributed by atoms with van der Waals surface area (Å²) in [5, 5.41) is 6.95. The van der Waals surface area contributed by atoms with E-state index in [9.17, 15) is 4.79 Å². The largest absolute Gasteiger partial charge is 0.354 e. The molecule has 1 unspecified atom stereocenters. The topological polar surface area (TPSA) is 54.0 Å². The van der Waals surface area contributed by atoms with Gasteiger partial charge < -0.3 is 10.6 Å². The molecule has 0 saturated heterocycles. The van der Waals surface area contributed by atoms with Crippen LogP contribution in [0.1, 0.15) is 34.5 Å². The van der Waals surface area contributed by atoms with Crippen LogP contribution in [0.3, 0.4) is 0 Å². The van der Waals surface area contributed by atoms with E-state index in [0.717, 1.165) is 22.5 Å². The van der Waals surface area contributed by atoms with Gasteiger partial charge in [0.1, 0.15) is 0 Å². The van der Waals surface area contributed by atoms with Crippen molar-refractivity contribution in [3.05, 3.63) is 88.7 Å². The second kappa shape index (κ2) is 8.02. The summed E-state index contributed by atoms with van der Waals surface area (Å²) < 4.78 is 0. The molecule has 26 heavy (non-hydrogen) atoms. The number of carbonyl (C=O) groups excluding carboxylic acids is 1. The molecular formula is C21H20ClN3O. The van der Waals surface area contributed by atoms with Crippen molar-refractivity contribution in [3.8, 4) is 0 Å². The third-order valence-corrected chi connectivity index (χ3v) is 4.60. The number of anilines is 2. The summed E-state index contributed by atoms with van der Waals surface area (Å²) in [6.45, 7) is 3.90. The molecule has 2 aromatic carbocycles. The fourth-order valence-corrected chi connectivity index (χ4v) is 2.81. The minimum atomic E-state index is -0.166. The number of nitrogens with zero attached hydrogens (tertiary/aromatic N) is 1. The predicted octanol–water partition coefficient (Wildman–Crippen LogP) is 5.28. The molecule has 1 aromatic heterocycles. The molecule has 0 bridgehead atoms. The van der Waals surface area contributed by atoms with Crippen LogP contribution in [-0.4, -0.2) is 10.9 Å². The van der Waals surface area contributed by atoms with E-state index >= 15 is 0 Å². The summed E-state index contributed by atoms with van der Waals surface area (Å²) in [4.78, 5) is 16.7. The monoisotopic (exact) mass is 365 g/mol. The maximum Gasteiger partial charge on any atom is 0.253 e. The van der Waals surface area contributed by atoms with Gasteiger partial charge >= 0.3 is 0 Å². The molecule has 0 aliphatic heterocycles. The van der Waals surface area contributed by atoms with E-state index in [0.29, 0.717) is 10.6 Å². The molecule has 5 heteroatoms. The Morgan fingerprint density at radius 1 is 1.08 bits per heavy atom. The zero-order valence-electron chi connectivity index (χ0n) is 14.7. The van der Waals surface area contributed by atoms with Crippen LogP contribution >= 0.6 is 11.6 Å². The molecule has 0 spiro atoms. The Labute approximate surface area is 158 Å². The van der Waals surface area contributed by atoms with E-state index in [1.807, 2.05) is 62.4 Å². The Morgan fingerprint density at radius 2 is 1.85 bits per heavy atom. The first-order chi connectivity index (χ1) is 12.5. The zero-order valence-corrected chi connectivity index (χ0v) is 15.4. The lowest BCUT2D eigenvalue weighted by Gasteiger charge is -2.15.